The van der Waals surface area contributed by atoms with E-state index in [1.165, 1.54) is 7.11 Å². The normalized spacial score (nSPS) is 12.6. The van der Waals surface area contributed by atoms with E-state index in [1.807, 2.05) is 0 Å². The lowest BCUT2D eigenvalue weighted by molar-refractivity contribution is 0.167. The van der Waals surface area contributed by atoms with E-state index >= 15 is 0 Å². The first-order valence-electron chi connectivity index (χ1n) is 4.39. The van der Waals surface area contributed by atoms with Crippen molar-refractivity contribution >= 4 is 0 Å². The first-order valence-corrected chi connectivity index (χ1v) is 4.39. The number of aliphatic hydroxyl groups is 1. The maximum Gasteiger partial charge on any atom is 0.161 e. The lowest BCUT2D eigenvalue weighted by Crippen LogP contribution is -2.18. The van der Waals surface area contributed by atoms with Gasteiger partial charge in [-0.15, -0.1) is 0 Å². The van der Waals surface area contributed by atoms with Crippen molar-refractivity contribution in [3.63, 3.8) is 0 Å². The summed E-state index contributed by atoms with van der Waals surface area (Å²) >= 11 is 0. The van der Waals surface area contributed by atoms with Gasteiger partial charge < -0.3 is 15.2 Å². The highest BCUT2D eigenvalue weighted by atomic mass is 16.5. The molecule has 1 unspecified atom stereocenters. The van der Waals surface area contributed by atoms with Crippen molar-refractivity contribution in [1.82, 2.24) is 15.3 Å². The fourth-order valence-corrected chi connectivity index (χ4v) is 1.16. The topological polar surface area (TPSA) is 67.3 Å². The minimum Gasteiger partial charge on any atom is -0.493 e. The Hall–Kier alpha value is -1.20. The van der Waals surface area contributed by atoms with Crippen molar-refractivity contribution in [3.05, 3.63) is 17.7 Å². The Kier molecular flexibility index (Phi) is 3.79. The number of aryl methyl sites for hydroxylation is 1. The molecule has 1 rings (SSSR count). The summed E-state index contributed by atoms with van der Waals surface area (Å²) in [7, 11) is 3.30. The lowest BCUT2D eigenvalue weighted by Gasteiger charge is -2.13. The van der Waals surface area contributed by atoms with E-state index < -0.39 is 6.10 Å². The molecule has 78 valence electrons. The Morgan fingerprint density at radius 3 is 2.93 bits per heavy atom. The molecular formula is C9H15N3O2. The van der Waals surface area contributed by atoms with Gasteiger partial charge in [-0.3, -0.25) is 0 Å². The second-order valence-electron chi connectivity index (χ2n) is 2.94. The second kappa shape index (κ2) is 4.88. The van der Waals surface area contributed by atoms with Crippen molar-refractivity contribution in [3.8, 4) is 5.75 Å². The molecule has 0 amide bonds. The van der Waals surface area contributed by atoms with Crippen molar-refractivity contribution in [2.75, 3.05) is 20.7 Å². The Balaban J connectivity index is 2.97. The fraction of sp³-hybridized carbons (Fsp3) is 0.556. The van der Waals surface area contributed by atoms with Gasteiger partial charge in [-0.05, 0) is 14.0 Å². The van der Waals surface area contributed by atoms with Crippen molar-refractivity contribution in [2.24, 2.45) is 0 Å². The summed E-state index contributed by atoms with van der Waals surface area (Å²) < 4.78 is 5.06. The highest BCUT2D eigenvalue weighted by Gasteiger charge is 2.14. The van der Waals surface area contributed by atoms with Crippen LogP contribution >= 0.6 is 0 Å². The van der Waals surface area contributed by atoms with Crippen LogP contribution in [-0.2, 0) is 0 Å². The minimum atomic E-state index is -0.670. The zero-order valence-corrected chi connectivity index (χ0v) is 8.61. The van der Waals surface area contributed by atoms with Crippen LogP contribution in [0.25, 0.3) is 0 Å². The molecule has 0 saturated carbocycles. The predicted molar refractivity (Wildman–Crippen MR) is 52.2 cm³/mol. The third-order valence-corrected chi connectivity index (χ3v) is 1.84. The van der Waals surface area contributed by atoms with E-state index in [1.54, 1.807) is 20.2 Å². The first-order chi connectivity index (χ1) is 6.69. The van der Waals surface area contributed by atoms with Gasteiger partial charge in [0.1, 0.15) is 17.6 Å². The van der Waals surface area contributed by atoms with Gasteiger partial charge in [-0.1, -0.05) is 0 Å². The molecule has 5 nitrogen and oxygen atoms in total. The molecule has 5 heteroatoms. The highest BCUT2D eigenvalue weighted by Crippen LogP contribution is 2.21. The SMILES string of the molecule is CNCC(O)c1nc(C)ncc1OC. The molecule has 14 heavy (non-hydrogen) atoms. The predicted octanol–water partition coefficient (Wildman–Crippen LogP) is 0.0464. The van der Waals surface area contributed by atoms with E-state index in [0.29, 0.717) is 23.8 Å². The lowest BCUT2D eigenvalue weighted by atomic mass is 10.2. The van der Waals surface area contributed by atoms with Gasteiger partial charge in [0.25, 0.3) is 0 Å². The molecule has 0 spiro atoms. The van der Waals surface area contributed by atoms with E-state index in [2.05, 4.69) is 15.3 Å². The van der Waals surface area contributed by atoms with E-state index in [-0.39, 0.29) is 0 Å². The van der Waals surface area contributed by atoms with Gasteiger partial charge in [0.05, 0.1) is 13.3 Å². The monoisotopic (exact) mass is 197 g/mol. The maximum absolute atomic E-state index is 9.72. The third-order valence-electron chi connectivity index (χ3n) is 1.84. The zero-order valence-electron chi connectivity index (χ0n) is 8.61. The van der Waals surface area contributed by atoms with Crippen molar-refractivity contribution < 1.29 is 9.84 Å². The number of rotatable bonds is 4. The van der Waals surface area contributed by atoms with Crippen LogP contribution in [0.3, 0.4) is 0 Å². The third kappa shape index (κ3) is 2.40. The van der Waals surface area contributed by atoms with Crippen LogP contribution < -0.4 is 10.1 Å². The number of methoxy groups -OCH3 is 1. The maximum atomic E-state index is 9.72. The number of likely N-dealkylation sites (N-methyl/N-ethyl adjacent to an activating group) is 1. The molecule has 2 N–H and O–H groups in total. The molecule has 1 aromatic rings. The van der Waals surface area contributed by atoms with Crippen LogP contribution in [0, 0.1) is 6.92 Å². The Morgan fingerprint density at radius 1 is 1.64 bits per heavy atom. The van der Waals surface area contributed by atoms with Gasteiger partial charge in [0.15, 0.2) is 5.75 Å². The number of hydrogen-bond donors (Lipinski definition) is 2. The van der Waals surface area contributed by atoms with Crippen LogP contribution in [0.2, 0.25) is 0 Å². The summed E-state index contributed by atoms with van der Waals surface area (Å²) in [4.78, 5) is 8.12. The molecular weight excluding hydrogens is 182 g/mol. The smallest absolute Gasteiger partial charge is 0.161 e. The molecule has 1 atom stereocenters. The summed E-state index contributed by atoms with van der Waals surface area (Å²) in [5.41, 5.74) is 0.523. The van der Waals surface area contributed by atoms with E-state index in [0.717, 1.165) is 0 Å². The van der Waals surface area contributed by atoms with Gasteiger partial charge in [-0.25, -0.2) is 9.97 Å². The number of hydrogen-bond acceptors (Lipinski definition) is 5. The molecule has 0 saturated heterocycles. The molecule has 0 fully saturated rings. The number of aliphatic hydroxyl groups excluding tert-OH is 1. The van der Waals surface area contributed by atoms with Crippen LogP contribution in [-0.4, -0.2) is 35.8 Å². The number of nitrogens with one attached hydrogen (secondary N) is 1. The van der Waals surface area contributed by atoms with Gasteiger partial charge in [0.2, 0.25) is 0 Å². The molecule has 1 heterocycles. The average molecular weight is 197 g/mol. The summed E-state index contributed by atoms with van der Waals surface area (Å²) in [6.07, 6.45) is 0.896. The van der Waals surface area contributed by atoms with E-state index in [9.17, 15) is 5.11 Å². The number of ether oxygens (including phenoxy) is 1. The Morgan fingerprint density at radius 2 is 2.36 bits per heavy atom. The van der Waals surface area contributed by atoms with Crippen molar-refractivity contribution in [2.45, 2.75) is 13.0 Å². The molecule has 0 aromatic carbocycles. The van der Waals surface area contributed by atoms with Crippen LogP contribution in [0.15, 0.2) is 6.20 Å². The quantitative estimate of drug-likeness (QED) is 0.713. The van der Waals surface area contributed by atoms with Crippen molar-refractivity contribution in [1.29, 1.82) is 0 Å². The molecule has 0 aliphatic carbocycles. The average Bonchev–Trinajstić information content (AvgIpc) is 2.18. The molecule has 1 aromatic heterocycles. The number of aromatic nitrogens is 2. The summed E-state index contributed by atoms with van der Waals surface area (Å²) in [6, 6.07) is 0. The highest BCUT2D eigenvalue weighted by molar-refractivity contribution is 5.26. The van der Waals surface area contributed by atoms with Crippen LogP contribution in [0.4, 0.5) is 0 Å². The molecule has 0 aliphatic heterocycles. The van der Waals surface area contributed by atoms with Crippen LogP contribution in [0.1, 0.15) is 17.6 Å². The van der Waals surface area contributed by atoms with E-state index in [4.69, 9.17) is 4.74 Å². The summed E-state index contributed by atoms with van der Waals surface area (Å²) in [5, 5.41) is 12.6. The summed E-state index contributed by atoms with van der Waals surface area (Å²) in [6.45, 7) is 2.21. The minimum absolute atomic E-state index is 0.437. The standard InChI is InChI=1S/C9H15N3O2/c1-6-11-5-8(14-3)9(12-6)7(13)4-10-2/h5,7,10,13H,4H2,1-3H3. The summed E-state index contributed by atoms with van der Waals surface area (Å²) in [5.74, 6) is 1.13. The van der Waals surface area contributed by atoms with Gasteiger partial charge >= 0.3 is 0 Å². The fourth-order valence-electron chi connectivity index (χ4n) is 1.16. The molecule has 0 radical (unpaired) electrons. The second-order valence-corrected chi connectivity index (χ2v) is 2.94. The van der Waals surface area contributed by atoms with Gasteiger partial charge in [-0.2, -0.15) is 0 Å². The zero-order chi connectivity index (χ0) is 10.6. The molecule has 0 aliphatic rings. The van der Waals surface area contributed by atoms with Crippen LogP contribution in [0.5, 0.6) is 5.75 Å². The number of nitrogens with zero attached hydrogens (tertiary/aromatic N) is 2. The Labute approximate surface area is 83.2 Å². The largest absolute Gasteiger partial charge is 0.493 e. The first kappa shape index (κ1) is 10.9. The van der Waals surface area contributed by atoms with Gasteiger partial charge in [0, 0.05) is 6.54 Å². The molecule has 0 bridgehead atoms. The Bertz CT molecular complexity index is 304.